The summed E-state index contributed by atoms with van der Waals surface area (Å²) in [4.78, 5) is 16.7. The Morgan fingerprint density at radius 2 is 2.33 bits per heavy atom. The minimum Gasteiger partial charge on any atom is -0.267 e. The summed E-state index contributed by atoms with van der Waals surface area (Å²) in [5.74, 6) is -0.245. The van der Waals surface area contributed by atoms with Crippen LogP contribution in [0.25, 0.3) is 0 Å². The maximum Gasteiger partial charge on any atom is 0.272 e. The molecular formula is C13H13N3OS. The lowest BCUT2D eigenvalue weighted by molar-refractivity contribution is 0.0954. The molecule has 0 spiro atoms. The minimum atomic E-state index is -0.245. The lowest BCUT2D eigenvalue weighted by atomic mass is 10.2. The fourth-order valence-electron chi connectivity index (χ4n) is 1.43. The van der Waals surface area contributed by atoms with Crippen LogP contribution in [-0.2, 0) is 0 Å². The van der Waals surface area contributed by atoms with E-state index in [2.05, 4.69) is 15.5 Å². The maximum atomic E-state index is 11.8. The highest BCUT2D eigenvalue weighted by molar-refractivity contribution is 7.12. The number of hydrogen-bond donors (Lipinski definition) is 1. The predicted molar refractivity (Wildman–Crippen MR) is 72.9 cm³/mol. The van der Waals surface area contributed by atoms with E-state index >= 15 is 0 Å². The third-order valence-corrected chi connectivity index (χ3v) is 3.28. The number of aromatic nitrogens is 1. The third kappa shape index (κ3) is 3.01. The fourth-order valence-corrected chi connectivity index (χ4v) is 2.22. The average molecular weight is 259 g/mol. The Morgan fingerprint density at radius 1 is 1.44 bits per heavy atom. The molecule has 1 amide bonds. The van der Waals surface area contributed by atoms with Gasteiger partial charge in [0, 0.05) is 12.4 Å². The molecule has 0 unspecified atom stereocenters. The van der Waals surface area contributed by atoms with Crippen LogP contribution >= 0.6 is 11.3 Å². The van der Waals surface area contributed by atoms with Gasteiger partial charge < -0.3 is 0 Å². The highest BCUT2D eigenvalue weighted by atomic mass is 32.1. The summed E-state index contributed by atoms with van der Waals surface area (Å²) in [7, 11) is 0. The van der Waals surface area contributed by atoms with Gasteiger partial charge in [0.2, 0.25) is 0 Å². The van der Waals surface area contributed by atoms with Crippen molar-refractivity contribution in [2.45, 2.75) is 13.3 Å². The fraction of sp³-hybridized carbons (Fsp3) is 0.154. The van der Waals surface area contributed by atoms with Gasteiger partial charge in [-0.15, -0.1) is 11.3 Å². The molecule has 2 aromatic heterocycles. The number of hydrogen-bond acceptors (Lipinski definition) is 4. The molecule has 0 fully saturated rings. The average Bonchev–Trinajstić information content (AvgIpc) is 2.94. The van der Waals surface area contributed by atoms with E-state index < -0.39 is 0 Å². The molecule has 2 aromatic rings. The molecule has 2 rings (SSSR count). The second-order valence-corrected chi connectivity index (χ2v) is 4.52. The first kappa shape index (κ1) is 12.4. The maximum absolute atomic E-state index is 11.8. The van der Waals surface area contributed by atoms with Gasteiger partial charge in [-0.25, -0.2) is 5.43 Å². The van der Waals surface area contributed by atoms with Crippen molar-refractivity contribution in [2.75, 3.05) is 0 Å². The molecule has 92 valence electrons. The standard InChI is InChI=1S/C13H13N3OS/c1-2-11(12-6-4-8-18-12)15-16-13(17)10-5-3-7-14-9-10/h3-9H,2H2,1H3,(H,16,17)/b15-11+. The molecule has 1 N–H and O–H groups in total. The van der Waals surface area contributed by atoms with E-state index in [9.17, 15) is 4.79 Å². The van der Waals surface area contributed by atoms with Crippen LogP contribution < -0.4 is 5.43 Å². The van der Waals surface area contributed by atoms with Gasteiger partial charge in [-0.05, 0) is 30.0 Å². The zero-order valence-electron chi connectivity index (χ0n) is 9.96. The van der Waals surface area contributed by atoms with Crippen LogP contribution in [0, 0.1) is 0 Å². The summed E-state index contributed by atoms with van der Waals surface area (Å²) in [6.45, 7) is 2.01. The van der Waals surface area contributed by atoms with Gasteiger partial charge in [0.1, 0.15) is 0 Å². The van der Waals surface area contributed by atoms with E-state index in [0.29, 0.717) is 5.56 Å². The predicted octanol–water partition coefficient (Wildman–Crippen LogP) is 2.69. The van der Waals surface area contributed by atoms with Crippen LogP contribution in [0.4, 0.5) is 0 Å². The normalized spacial score (nSPS) is 11.3. The molecule has 0 aliphatic rings. The highest BCUT2D eigenvalue weighted by Gasteiger charge is 2.06. The van der Waals surface area contributed by atoms with Crippen molar-refractivity contribution in [3.05, 3.63) is 52.5 Å². The van der Waals surface area contributed by atoms with Crippen LogP contribution in [0.2, 0.25) is 0 Å². The lowest BCUT2D eigenvalue weighted by Gasteiger charge is -2.02. The van der Waals surface area contributed by atoms with Crippen LogP contribution in [0.15, 0.2) is 47.1 Å². The minimum absolute atomic E-state index is 0.245. The van der Waals surface area contributed by atoms with Crippen LogP contribution in [-0.4, -0.2) is 16.6 Å². The molecule has 0 aromatic carbocycles. The second kappa shape index (κ2) is 6.07. The monoisotopic (exact) mass is 259 g/mol. The van der Waals surface area contributed by atoms with E-state index in [0.717, 1.165) is 17.0 Å². The second-order valence-electron chi connectivity index (χ2n) is 3.57. The van der Waals surface area contributed by atoms with Crippen LogP contribution in [0.5, 0.6) is 0 Å². The summed E-state index contributed by atoms with van der Waals surface area (Å²) in [6.07, 6.45) is 3.92. The van der Waals surface area contributed by atoms with Crippen molar-refractivity contribution in [3.8, 4) is 0 Å². The molecule has 0 aliphatic heterocycles. The van der Waals surface area contributed by atoms with E-state index in [4.69, 9.17) is 0 Å². The van der Waals surface area contributed by atoms with Crippen molar-refractivity contribution in [3.63, 3.8) is 0 Å². The third-order valence-electron chi connectivity index (χ3n) is 2.36. The van der Waals surface area contributed by atoms with Gasteiger partial charge in [-0.3, -0.25) is 9.78 Å². The molecule has 5 heteroatoms. The first-order valence-electron chi connectivity index (χ1n) is 5.62. The number of rotatable bonds is 4. The van der Waals surface area contributed by atoms with Crippen molar-refractivity contribution >= 4 is 23.0 Å². The van der Waals surface area contributed by atoms with Gasteiger partial charge in [0.15, 0.2) is 0 Å². The largest absolute Gasteiger partial charge is 0.272 e. The van der Waals surface area contributed by atoms with Crippen molar-refractivity contribution in [1.82, 2.24) is 10.4 Å². The zero-order valence-corrected chi connectivity index (χ0v) is 10.8. The van der Waals surface area contributed by atoms with Gasteiger partial charge in [0.05, 0.1) is 16.2 Å². The first-order valence-corrected chi connectivity index (χ1v) is 6.50. The summed E-state index contributed by atoms with van der Waals surface area (Å²) >= 11 is 1.61. The Morgan fingerprint density at radius 3 is 2.94 bits per heavy atom. The summed E-state index contributed by atoms with van der Waals surface area (Å²) < 4.78 is 0. The molecule has 4 nitrogen and oxygen atoms in total. The summed E-state index contributed by atoms with van der Waals surface area (Å²) in [5.41, 5.74) is 3.93. The number of nitrogens with zero attached hydrogens (tertiary/aromatic N) is 2. The van der Waals surface area contributed by atoms with Crippen molar-refractivity contribution in [1.29, 1.82) is 0 Å². The number of carbonyl (C=O) groups is 1. The highest BCUT2D eigenvalue weighted by Crippen LogP contribution is 2.11. The first-order chi connectivity index (χ1) is 8.81. The molecule has 0 radical (unpaired) electrons. The van der Waals surface area contributed by atoms with Gasteiger partial charge in [0.25, 0.3) is 5.91 Å². The topological polar surface area (TPSA) is 54.4 Å². The molecule has 0 saturated heterocycles. The Kier molecular flexibility index (Phi) is 4.20. The number of amides is 1. The van der Waals surface area contributed by atoms with Crippen LogP contribution in [0.1, 0.15) is 28.6 Å². The smallest absolute Gasteiger partial charge is 0.267 e. The summed E-state index contributed by atoms with van der Waals surface area (Å²) in [5, 5.41) is 6.15. The number of nitrogens with one attached hydrogen (secondary N) is 1. The molecule has 0 aliphatic carbocycles. The zero-order chi connectivity index (χ0) is 12.8. The number of hydrazone groups is 1. The SMILES string of the molecule is CC/C(=N\NC(=O)c1cccnc1)c1cccs1. The van der Waals surface area contributed by atoms with Gasteiger partial charge in [-0.1, -0.05) is 13.0 Å². The molecule has 0 saturated carbocycles. The Bertz CT molecular complexity index is 535. The van der Waals surface area contributed by atoms with Gasteiger partial charge in [-0.2, -0.15) is 5.10 Å². The number of carbonyl (C=O) groups excluding carboxylic acids is 1. The van der Waals surface area contributed by atoms with E-state index in [-0.39, 0.29) is 5.91 Å². The molecule has 0 bridgehead atoms. The Labute approximate surface area is 109 Å². The molecule has 18 heavy (non-hydrogen) atoms. The van der Waals surface area contributed by atoms with Crippen molar-refractivity contribution < 1.29 is 4.79 Å². The van der Waals surface area contributed by atoms with Crippen LogP contribution in [0.3, 0.4) is 0 Å². The van der Waals surface area contributed by atoms with E-state index in [1.807, 2.05) is 24.4 Å². The summed E-state index contributed by atoms with van der Waals surface area (Å²) in [6, 6.07) is 7.38. The van der Waals surface area contributed by atoms with Gasteiger partial charge >= 0.3 is 0 Å². The quantitative estimate of drug-likeness (QED) is 0.678. The lowest BCUT2D eigenvalue weighted by Crippen LogP contribution is -2.19. The van der Waals surface area contributed by atoms with Crippen molar-refractivity contribution in [2.24, 2.45) is 5.10 Å². The number of thiophene rings is 1. The Balaban J connectivity index is 2.08. The number of pyridine rings is 1. The van der Waals surface area contributed by atoms with E-state index in [1.165, 1.54) is 6.20 Å². The van der Waals surface area contributed by atoms with E-state index in [1.54, 1.807) is 29.7 Å². The molecule has 0 atom stereocenters. The molecule has 2 heterocycles. The Hall–Kier alpha value is -2.01. The molecular weight excluding hydrogens is 246 g/mol.